The fourth-order valence-corrected chi connectivity index (χ4v) is 6.78. The molecule has 0 saturated heterocycles. The quantitative estimate of drug-likeness (QED) is 0.222. The van der Waals surface area contributed by atoms with Crippen molar-refractivity contribution in [2.45, 2.75) is 63.6 Å². The van der Waals surface area contributed by atoms with Gasteiger partial charge in [-0.2, -0.15) is 5.21 Å². The largest absolute Gasteiger partial charge is 0.466 e. The highest BCUT2D eigenvalue weighted by atomic mass is 16.5. The van der Waals surface area contributed by atoms with Crippen molar-refractivity contribution in [1.29, 1.82) is 0 Å². The number of amides is 3. The number of esters is 1. The number of aromatic nitrogens is 5. The molecule has 4 bridgehead atoms. The number of rotatable bonds is 11. The molecule has 1 unspecified atom stereocenters. The zero-order chi connectivity index (χ0) is 28.9. The van der Waals surface area contributed by atoms with E-state index in [4.69, 9.17) is 0 Å². The summed E-state index contributed by atoms with van der Waals surface area (Å²) >= 11 is 0. The molecule has 218 valence electrons. The predicted molar refractivity (Wildman–Crippen MR) is 144 cm³/mol. The van der Waals surface area contributed by atoms with Gasteiger partial charge in [0, 0.05) is 18.3 Å². The lowest BCUT2D eigenvalue weighted by Crippen LogP contribution is -2.56. The van der Waals surface area contributed by atoms with Crippen molar-refractivity contribution in [2.24, 2.45) is 23.7 Å². The third kappa shape index (κ3) is 6.69. The lowest BCUT2D eigenvalue weighted by molar-refractivity contribution is -0.134. The van der Waals surface area contributed by atoms with Crippen molar-refractivity contribution in [3.63, 3.8) is 0 Å². The molecule has 4 aliphatic rings. The Morgan fingerprint density at radius 3 is 2.54 bits per heavy atom. The second-order valence-corrected chi connectivity index (χ2v) is 11.1. The maximum atomic E-state index is 13.2. The minimum Gasteiger partial charge on any atom is -0.466 e. The van der Waals surface area contributed by atoms with Gasteiger partial charge in [-0.3, -0.25) is 19.2 Å². The minimum atomic E-state index is -1.10. The number of H-pyrrole nitrogens is 1. The average molecular weight is 567 g/mol. The summed E-state index contributed by atoms with van der Waals surface area (Å²) in [7, 11) is 1.24. The Balaban J connectivity index is 1.22. The molecule has 0 radical (unpaired) electrons. The number of anilines is 1. The second-order valence-electron chi connectivity index (χ2n) is 11.1. The van der Waals surface area contributed by atoms with Crippen LogP contribution in [0.1, 0.15) is 55.6 Å². The standard InChI is InChI=1S/C27H34N8O6/c1-41-22(37)7-3-2-5-19(28-26(39)24-31-33-34-32-24)25(38)29-20-6-4-8-35(27(20)40)14-21(36)30-23-17-10-15-9-16(12-17)13-18(23)11-15/h3-4,6-8,15-19,23H,2,5,9-14H2,1H3,(H,28,39)(H,29,38)(H,30,36)(H,31,32,33,34)/b7-3+. The number of ether oxygens (including phenoxy) is 1. The van der Waals surface area contributed by atoms with Crippen molar-refractivity contribution >= 4 is 29.4 Å². The van der Waals surface area contributed by atoms with Gasteiger partial charge in [-0.25, -0.2) is 4.79 Å². The molecule has 4 N–H and O–H groups in total. The zero-order valence-electron chi connectivity index (χ0n) is 22.7. The molecule has 14 nitrogen and oxygen atoms in total. The maximum Gasteiger partial charge on any atom is 0.330 e. The van der Waals surface area contributed by atoms with E-state index in [-0.39, 0.29) is 42.8 Å². The fraction of sp³-hybridized carbons (Fsp3) is 0.556. The molecule has 41 heavy (non-hydrogen) atoms. The number of carbonyl (C=O) groups is 4. The van der Waals surface area contributed by atoms with E-state index in [1.165, 1.54) is 68.2 Å². The lowest BCUT2D eigenvalue weighted by Gasteiger charge is -2.54. The first-order valence-electron chi connectivity index (χ1n) is 13.9. The molecular formula is C27H34N8O6. The molecule has 14 heteroatoms. The van der Waals surface area contributed by atoms with Crippen LogP contribution in [0.15, 0.2) is 35.3 Å². The summed E-state index contributed by atoms with van der Waals surface area (Å²) in [6, 6.07) is 2.06. The molecule has 4 fully saturated rings. The van der Waals surface area contributed by atoms with Crippen molar-refractivity contribution in [3.8, 4) is 0 Å². The number of nitrogens with zero attached hydrogens (tertiary/aromatic N) is 4. The van der Waals surface area contributed by atoms with Crippen LogP contribution in [-0.4, -0.2) is 68.1 Å². The Labute approximate surface area is 235 Å². The number of hydrogen-bond acceptors (Lipinski definition) is 9. The molecule has 6 rings (SSSR count). The smallest absolute Gasteiger partial charge is 0.330 e. The van der Waals surface area contributed by atoms with Gasteiger partial charge in [0.15, 0.2) is 0 Å². The Morgan fingerprint density at radius 1 is 1.15 bits per heavy atom. The van der Waals surface area contributed by atoms with Crippen molar-refractivity contribution in [2.75, 3.05) is 12.4 Å². The third-order valence-electron chi connectivity index (χ3n) is 8.39. The summed E-state index contributed by atoms with van der Waals surface area (Å²) in [5.74, 6) is 0.148. The van der Waals surface area contributed by atoms with Crippen LogP contribution in [0.4, 0.5) is 5.69 Å². The molecular weight excluding hydrogens is 532 g/mol. The zero-order valence-corrected chi connectivity index (χ0v) is 22.7. The molecule has 0 aromatic carbocycles. The summed E-state index contributed by atoms with van der Waals surface area (Å²) in [5, 5.41) is 21.0. The van der Waals surface area contributed by atoms with Crippen LogP contribution < -0.4 is 21.5 Å². The summed E-state index contributed by atoms with van der Waals surface area (Å²) in [6.45, 7) is -0.165. The topological polar surface area (TPSA) is 190 Å². The van der Waals surface area contributed by atoms with Crippen LogP contribution in [0, 0.1) is 23.7 Å². The van der Waals surface area contributed by atoms with Gasteiger partial charge in [0.2, 0.25) is 11.8 Å². The Kier molecular flexibility index (Phi) is 8.55. The number of allylic oxidation sites excluding steroid dienone is 1. The van der Waals surface area contributed by atoms with E-state index in [0.29, 0.717) is 11.8 Å². The SMILES string of the molecule is COC(=O)/C=C/CCC(NC(=O)c1nn[nH]n1)C(=O)Nc1cccn(CC(=O)NC2C3CC4CC(C3)CC2C4)c1=O. The van der Waals surface area contributed by atoms with Gasteiger partial charge in [-0.15, -0.1) is 10.2 Å². The van der Waals surface area contributed by atoms with Gasteiger partial charge in [0.25, 0.3) is 17.3 Å². The van der Waals surface area contributed by atoms with E-state index >= 15 is 0 Å². The Morgan fingerprint density at radius 2 is 1.88 bits per heavy atom. The minimum absolute atomic E-state index is 0.0381. The first kappa shape index (κ1) is 28.2. The number of methoxy groups -OCH3 is 1. The maximum absolute atomic E-state index is 13.2. The van der Waals surface area contributed by atoms with E-state index in [9.17, 15) is 24.0 Å². The van der Waals surface area contributed by atoms with Gasteiger partial charge < -0.3 is 25.3 Å². The third-order valence-corrected chi connectivity index (χ3v) is 8.39. The summed E-state index contributed by atoms with van der Waals surface area (Å²) < 4.78 is 5.81. The van der Waals surface area contributed by atoms with E-state index in [1.807, 2.05) is 0 Å². The van der Waals surface area contributed by atoms with Crippen LogP contribution in [-0.2, 0) is 25.7 Å². The molecule has 0 spiro atoms. The van der Waals surface area contributed by atoms with Crippen LogP contribution in [0.3, 0.4) is 0 Å². The number of pyridine rings is 1. The van der Waals surface area contributed by atoms with Gasteiger partial charge in [0.05, 0.1) is 7.11 Å². The normalized spacial score (nSPS) is 25.0. The molecule has 4 aliphatic carbocycles. The molecule has 4 saturated carbocycles. The van der Waals surface area contributed by atoms with E-state index in [2.05, 4.69) is 41.3 Å². The molecule has 0 aliphatic heterocycles. The first-order valence-corrected chi connectivity index (χ1v) is 13.9. The summed E-state index contributed by atoms with van der Waals surface area (Å²) in [5.41, 5.74) is -0.584. The van der Waals surface area contributed by atoms with Gasteiger partial charge in [-0.05, 0) is 86.0 Å². The van der Waals surface area contributed by atoms with E-state index in [1.54, 1.807) is 6.07 Å². The van der Waals surface area contributed by atoms with Crippen LogP contribution in [0.25, 0.3) is 0 Å². The van der Waals surface area contributed by atoms with Crippen LogP contribution in [0.2, 0.25) is 0 Å². The molecule has 1 atom stereocenters. The van der Waals surface area contributed by atoms with Crippen molar-refractivity contribution in [1.82, 2.24) is 35.8 Å². The van der Waals surface area contributed by atoms with Crippen molar-refractivity contribution < 1.29 is 23.9 Å². The van der Waals surface area contributed by atoms with Gasteiger partial charge in [-0.1, -0.05) is 6.08 Å². The predicted octanol–water partition coefficient (Wildman–Crippen LogP) is 0.549. The highest BCUT2D eigenvalue weighted by Crippen LogP contribution is 2.53. The first-order chi connectivity index (χ1) is 19.8. The molecule has 2 aromatic heterocycles. The highest BCUT2D eigenvalue weighted by Gasteiger charge is 2.48. The van der Waals surface area contributed by atoms with E-state index in [0.717, 1.165) is 11.8 Å². The Bertz CT molecular complexity index is 1340. The van der Waals surface area contributed by atoms with E-state index < -0.39 is 29.4 Å². The van der Waals surface area contributed by atoms with Crippen molar-refractivity contribution in [3.05, 3.63) is 46.7 Å². The second kappa shape index (κ2) is 12.4. The van der Waals surface area contributed by atoms with Gasteiger partial charge >= 0.3 is 5.97 Å². The number of nitrogens with one attached hydrogen (secondary N) is 4. The highest BCUT2D eigenvalue weighted by molar-refractivity contribution is 5.99. The number of carbonyl (C=O) groups excluding carboxylic acids is 4. The van der Waals surface area contributed by atoms with Crippen LogP contribution in [0.5, 0.6) is 0 Å². The molecule has 2 heterocycles. The number of aromatic amines is 1. The Hall–Kier alpha value is -4.36. The monoisotopic (exact) mass is 566 g/mol. The summed E-state index contributed by atoms with van der Waals surface area (Å²) in [4.78, 5) is 63.1. The average Bonchev–Trinajstić information content (AvgIpc) is 3.49. The van der Waals surface area contributed by atoms with Crippen LogP contribution >= 0.6 is 0 Å². The number of hydrogen-bond donors (Lipinski definition) is 4. The lowest BCUT2D eigenvalue weighted by atomic mass is 9.54. The molecule has 2 aromatic rings. The number of tetrazole rings is 1. The summed E-state index contributed by atoms with van der Waals surface area (Å²) in [6.07, 6.45) is 10.6. The van der Waals surface area contributed by atoms with Gasteiger partial charge in [0.1, 0.15) is 18.3 Å². The fourth-order valence-electron chi connectivity index (χ4n) is 6.78. The molecule has 3 amide bonds.